The van der Waals surface area contributed by atoms with Crippen molar-refractivity contribution in [3.63, 3.8) is 0 Å². The third-order valence-corrected chi connectivity index (χ3v) is 6.41. The van der Waals surface area contributed by atoms with Crippen molar-refractivity contribution >= 4 is 23.6 Å². The molecule has 1 aromatic rings. The summed E-state index contributed by atoms with van der Waals surface area (Å²) in [6, 6.07) is 4.42. The van der Waals surface area contributed by atoms with Gasteiger partial charge in [-0.3, -0.25) is 34.3 Å². The molecule has 3 fully saturated rings. The summed E-state index contributed by atoms with van der Waals surface area (Å²) in [5, 5.41) is 5.65. The van der Waals surface area contributed by atoms with E-state index < -0.39 is 23.8 Å². The molecular weight excluding hydrogens is 360 g/mol. The number of imide groups is 2. The van der Waals surface area contributed by atoms with Crippen LogP contribution in [-0.4, -0.2) is 65.6 Å². The Morgan fingerprint density at radius 2 is 1.75 bits per heavy atom. The minimum absolute atomic E-state index is 0.126. The Hall–Kier alpha value is -2.58. The number of amides is 4. The predicted molar refractivity (Wildman–Crippen MR) is 98.2 cm³/mol. The Labute approximate surface area is 162 Å². The average molecular weight is 382 g/mol. The van der Waals surface area contributed by atoms with Gasteiger partial charge in [-0.1, -0.05) is 12.1 Å². The maximum Gasteiger partial charge on any atom is 0.262 e. The molecule has 8 heteroatoms. The highest BCUT2D eigenvalue weighted by molar-refractivity contribution is 6.24. The summed E-state index contributed by atoms with van der Waals surface area (Å²) in [4.78, 5) is 53.1. The van der Waals surface area contributed by atoms with E-state index in [0.717, 1.165) is 36.6 Å². The molecule has 3 saturated heterocycles. The van der Waals surface area contributed by atoms with Crippen molar-refractivity contribution in [3.8, 4) is 0 Å². The lowest BCUT2D eigenvalue weighted by Gasteiger charge is -2.28. The van der Waals surface area contributed by atoms with Crippen LogP contribution in [0.5, 0.6) is 0 Å². The summed E-state index contributed by atoms with van der Waals surface area (Å²) in [5.41, 5.74) is 1.60. The van der Waals surface area contributed by atoms with E-state index in [-0.39, 0.29) is 18.7 Å². The summed E-state index contributed by atoms with van der Waals surface area (Å²) >= 11 is 0. The lowest BCUT2D eigenvalue weighted by Crippen LogP contribution is -2.54. The Morgan fingerprint density at radius 3 is 2.46 bits per heavy atom. The van der Waals surface area contributed by atoms with Crippen LogP contribution in [0.4, 0.5) is 0 Å². The van der Waals surface area contributed by atoms with Gasteiger partial charge in [0.15, 0.2) is 0 Å². The van der Waals surface area contributed by atoms with Crippen molar-refractivity contribution in [1.29, 1.82) is 0 Å². The molecule has 4 heterocycles. The van der Waals surface area contributed by atoms with Crippen LogP contribution in [0.3, 0.4) is 0 Å². The molecule has 28 heavy (non-hydrogen) atoms. The second-order valence-electron chi connectivity index (χ2n) is 8.16. The molecular formula is C20H22N4O4. The number of likely N-dealkylation sites (tertiary alicyclic amines) is 1. The first-order chi connectivity index (χ1) is 13.5. The molecule has 0 spiro atoms. The molecule has 5 rings (SSSR count). The van der Waals surface area contributed by atoms with Gasteiger partial charge in [0, 0.05) is 26.1 Å². The molecule has 4 aliphatic heterocycles. The van der Waals surface area contributed by atoms with Crippen LogP contribution in [0.15, 0.2) is 18.2 Å². The predicted octanol–water partition coefficient (Wildman–Crippen LogP) is -0.261. The first kappa shape index (κ1) is 17.5. The molecule has 3 atom stereocenters. The number of hydrogen-bond acceptors (Lipinski definition) is 6. The Morgan fingerprint density at radius 1 is 1.00 bits per heavy atom. The lowest BCUT2D eigenvalue weighted by molar-refractivity contribution is -0.136. The summed E-state index contributed by atoms with van der Waals surface area (Å²) in [7, 11) is 0. The zero-order valence-electron chi connectivity index (χ0n) is 15.4. The largest absolute Gasteiger partial charge is 0.316 e. The summed E-state index contributed by atoms with van der Waals surface area (Å²) in [5.74, 6) is -0.520. The number of benzene rings is 1. The molecule has 0 aliphatic carbocycles. The quantitative estimate of drug-likeness (QED) is 0.699. The topological polar surface area (TPSA) is 98.8 Å². The highest BCUT2D eigenvalue weighted by Crippen LogP contribution is 2.32. The van der Waals surface area contributed by atoms with Crippen LogP contribution >= 0.6 is 0 Å². The van der Waals surface area contributed by atoms with Crippen LogP contribution in [0, 0.1) is 11.8 Å². The number of carbonyl (C=O) groups is 4. The van der Waals surface area contributed by atoms with Gasteiger partial charge in [0.2, 0.25) is 11.8 Å². The van der Waals surface area contributed by atoms with E-state index in [1.807, 2.05) is 6.07 Å². The van der Waals surface area contributed by atoms with Gasteiger partial charge in [-0.2, -0.15) is 0 Å². The maximum absolute atomic E-state index is 13.1. The van der Waals surface area contributed by atoms with Crippen molar-refractivity contribution in [2.24, 2.45) is 11.8 Å². The molecule has 4 amide bonds. The van der Waals surface area contributed by atoms with Gasteiger partial charge < -0.3 is 5.32 Å². The standard InChI is InChI=1S/C20H22N4O4/c25-16-5-4-15(18(26)22-16)24-19(27)14-3-1-2-11(17(14)20(24)28)8-23-9-12-6-21-7-13(12)10-23/h1-3,12-13,15,21H,4-10H2,(H,22,25,26)/t12-,13+,15?. The molecule has 8 nitrogen and oxygen atoms in total. The van der Waals surface area contributed by atoms with Crippen LogP contribution < -0.4 is 10.6 Å². The first-order valence-corrected chi connectivity index (χ1v) is 9.79. The number of hydrogen-bond donors (Lipinski definition) is 2. The minimum Gasteiger partial charge on any atom is -0.316 e. The van der Waals surface area contributed by atoms with Gasteiger partial charge in [0.05, 0.1) is 11.1 Å². The summed E-state index contributed by atoms with van der Waals surface area (Å²) in [6.07, 6.45) is 0.301. The van der Waals surface area contributed by atoms with Gasteiger partial charge >= 0.3 is 0 Å². The van der Waals surface area contributed by atoms with Gasteiger partial charge in [-0.05, 0) is 43.0 Å². The molecule has 146 valence electrons. The SMILES string of the molecule is O=C1CCC(N2C(=O)c3cccc(CN4C[C@H]5CNC[C@H]5C4)c3C2=O)C(=O)N1. The van der Waals surface area contributed by atoms with Crippen molar-refractivity contribution < 1.29 is 19.2 Å². The zero-order valence-corrected chi connectivity index (χ0v) is 15.4. The van der Waals surface area contributed by atoms with E-state index in [9.17, 15) is 19.2 Å². The van der Waals surface area contributed by atoms with E-state index in [2.05, 4.69) is 15.5 Å². The van der Waals surface area contributed by atoms with Crippen molar-refractivity contribution in [2.75, 3.05) is 26.2 Å². The first-order valence-electron chi connectivity index (χ1n) is 9.79. The molecule has 1 aromatic carbocycles. The van der Waals surface area contributed by atoms with Gasteiger partial charge in [0.25, 0.3) is 11.8 Å². The Kier molecular flexibility index (Phi) is 4.06. The molecule has 0 saturated carbocycles. The highest BCUT2D eigenvalue weighted by atomic mass is 16.2. The van der Waals surface area contributed by atoms with Gasteiger partial charge in [0.1, 0.15) is 6.04 Å². The smallest absolute Gasteiger partial charge is 0.262 e. The van der Waals surface area contributed by atoms with E-state index in [1.54, 1.807) is 12.1 Å². The van der Waals surface area contributed by atoms with Gasteiger partial charge in [-0.15, -0.1) is 0 Å². The molecule has 4 aliphatic rings. The van der Waals surface area contributed by atoms with Crippen LogP contribution in [0.1, 0.15) is 39.1 Å². The summed E-state index contributed by atoms with van der Waals surface area (Å²) in [6.45, 7) is 4.67. The van der Waals surface area contributed by atoms with E-state index in [0.29, 0.717) is 29.5 Å². The Balaban J connectivity index is 1.40. The fourth-order valence-corrected chi connectivity index (χ4v) is 5.04. The maximum atomic E-state index is 13.1. The lowest BCUT2D eigenvalue weighted by atomic mass is 10.0. The van der Waals surface area contributed by atoms with Crippen LogP contribution in [0.2, 0.25) is 0 Å². The number of carbonyl (C=O) groups excluding carboxylic acids is 4. The minimum atomic E-state index is -0.921. The van der Waals surface area contributed by atoms with Crippen molar-refractivity contribution in [2.45, 2.75) is 25.4 Å². The molecule has 1 unspecified atom stereocenters. The third-order valence-electron chi connectivity index (χ3n) is 6.41. The molecule has 0 bridgehead atoms. The van der Waals surface area contributed by atoms with Crippen molar-refractivity contribution in [1.82, 2.24) is 20.4 Å². The average Bonchev–Trinajstić information content (AvgIpc) is 3.30. The Bertz CT molecular complexity index is 886. The van der Waals surface area contributed by atoms with Crippen LogP contribution in [-0.2, 0) is 16.1 Å². The van der Waals surface area contributed by atoms with E-state index in [1.165, 1.54) is 0 Å². The summed E-state index contributed by atoms with van der Waals surface area (Å²) < 4.78 is 0. The van der Waals surface area contributed by atoms with E-state index >= 15 is 0 Å². The molecule has 0 radical (unpaired) electrons. The number of fused-ring (bicyclic) bond motifs is 2. The monoisotopic (exact) mass is 382 g/mol. The zero-order chi connectivity index (χ0) is 19.4. The van der Waals surface area contributed by atoms with Crippen molar-refractivity contribution in [3.05, 3.63) is 34.9 Å². The molecule has 2 N–H and O–H groups in total. The number of nitrogens with zero attached hydrogens (tertiary/aromatic N) is 2. The fourth-order valence-electron chi connectivity index (χ4n) is 5.04. The number of piperidine rings is 1. The third kappa shape index (κ3) is 2.67. The van der Waals surface area contributed by atoms with Crippen LogP contribution in [0.25, 0.3) is 0 Å². The highest BCUT2D eigenvalue weighted by Gasteiger charge is 2.46. The molecule has 0 aromatic heterocycles. The number of nitrogens with one attached hydrogen (secondary N) is 2. The van der Waals surface area contributed by atoms with Gasteiger partial charge in [-0.25, -0.2) is 0 Å². The number of rotatable bonds is 3. The second kappa shape index (κ2) is 6.49. The fraction of sp³-hybridized carbons (Fsp3) is 0.500. The van der Waals surface area contributed by atoms with E-state index in [4.69, 9.17) is 0 Å². The second-order valence-corrected chi connectivity index (χ2v) is 8.16. The normalized spacial score (nSPS) is 30.0.